The van der Waals surface area contributed by atoms with Crippen LogP contribution < -0.4 is 20.7 Å². The number of fused-ring (bicyclic) bond motifs is 8. The van der Waals surface area contributed by atoms with Crippen molar-refractivity contribution in [2.75, 3.05) is 0 Å². The molecular weight excluding hydrogens is 535 g/mol. The SMILES string of the molecule is Cn1c2ccc(-c3ccc4c(c3)[Si](c3ccccc3)(c3ccccc3)c3ccccc3-4)cc2c2c3ccccc3ccc21. The van der Waals surface area contributed by atoms with Crippen molar-refractivity contribution in [2.45, 2.75) is 0 Å². The van der Waals surface area contributed by atoms with Gasteiger partial charge in [-0.05, 0) is 72.0 Å². The third kappa shape index (κ3) is 3.33. The molecule has 0 aliphatic carbocycles. The Morgan fingerprint density at radius 1 is 0.442 bits per heavy atom. The molecule has 0 unspecified atom stereocenters. The summed E-state index contributed by atoms with van der Waals surface area (Å²) in [5.41, 5.74) is 7.82. The van der Waals surface area contributed by atoms with Gasteiger partial charge in [-0.25, -0.2) is 0 Å². The summed E-state index contributed by atoms with van der Waals surface area (Å²) in [5, 5.41) is 11.1. The minimum absolute atomic E-state index is 1.26. The maximum Gasteiger partial charge on any atom is 0.180 e. The van der Waals surface area contributed by atoms with Crippen molar-refractivity contribution in [3.8, 4) is 22.3 Å². The number of hydrogen-bond acceptors (Lipinski definition) is 0. The van der Waals surface area contributed by atoms with E-state index in [1.807, 2.05) is 0 Å². The summed E-state index contributed by atoms with van der Waals surface area (Å²) in [5.74, 6) is 0. The van der Waals surface area contributed by atoms with E-state index in [-0.39, 0.29) is 0 Å². The van der Waals surface area contributed by atoms with Crippen LogP contribution in [0, 0.1) is 0 Å². The Bertz CT molecular complexity index is 2310. The summed E-state index contributed by atoms with van der Waals surface area (Å²) in [6.45, 7) is 0. The van der Waals surface area contributed by atoms with Crippen LogP contribution in [0.1, 0.15) is 0 Å². The van der Waals surface area contributed by atoms with E-state index in [2.05, 4.69) is 169 Å². The first-order chi connectivity index (χ1) is 21.2. The van der Waals surface area contributed by atoms with Crippen LogP contribution in [0.5, 0.6) is 0 Å². The summed E-state index contributed by atoms with van der Waals surface area (Å²) >= 11 is 0. The second-order valence-electron chi connectivity index (χ2n) is 11.8. The van der Waals surface area contributed by atoms with Crippen molar-refractivity contribution in [3.63, 3.8) is 0 Å². The van der Waals surface area contributed by atoms with Crippen molar-refractivity contribution < 1.29 is 0 Å². The zero-order chi connectivity index (χ0) is 28.5. The molecule has 0 N–H and O–H groups in total. The Balaban J connectivity index is 1.34. The van der Waals surface area contributed by atoms with Gasteiger partial charge in [0, 0.05) is 28.9 Å². The van der Waals surface area contributed by atoms with Gasteiger partial charge in [-0.3, -0.25) is 0 Å². The Hall–Kier alpha value is -5.18. The maximum absolute atomic E-state index is 2.52. The lowest BCUT2D eigenvalue weighted by Crippen LogP contribution is -2.72. The fourth-order valence-corrected chi connectivity index (χ4v) is 13.0. The second kappa shape index (κ2) is 9.16. The molecule has 0 saturated carbocycles. The molecule has 0 radical (unpaired) electrons. The van der Waals surface area contributed by atoms with Gasteiger partial charge in [0.25, 0.3) is 0 Å². The maximum atomic E-state index is 2.52. The van der Waals surface area contributed by atoms with Crippen LogP contribution in [0.25, 0.3) is 54.8 Å². The minimum Gasteiger partial charge on any atom is -0.344 e. The molecule has 1 nitrogen and oxygen atoms in total. The summed E-state index contributed by atoms with van der Waals surface area (Å²) < 4.78 is 2.34. The number of hydrogen-bond donors (Lipinski definition) is 0. The molecule has 8 aromatic rings. The van der Waals surface area contributed by atoms with Crippen LogP contribution in [0.2, 0.25) is 0 Å². The van der Waals surface area contributed by atoms with Crippen LogP contribution >= 0.6 is 0 Å². The van der Waals surface area contributed by atoms with Crippen LogP contribution in [0.15, 0.2) is 158 Å². The highest BCUT2D eigenvalue weighted by molar-refractivity contribution is 7.22. The van der Waals surface area contributed by atoms with Gasteiger partial charge in [0.2, 0.25) is 0 Å². The van der Waals surface area contributed by atoms with Crippen molar-refractivity contribution in [3.05, 3.63) is 158 Å². The Labute approximate surface area is 252 Å². The van der Waals surface area contributed by atoms with Crippen molar-refractivity contribution in [1.29, 1.82) is 0 Å². The van der Waals surface area contributed by atoms with E-state index in [1.165, 1.54) is 75.6 Å². The fraction of sp³-hybridized carbons (Fsp3) is 0.0244. The highest BCUT2D eigenvalue weighted by Gasteiger charge is 2.48. The molecule has 0 spiro atoms. The summed E-state index contributed by atoms with van der Waals surface area (Å²) in [6.07, 6.45) is 0. The largest absolute Gasteiger partial charge is 0.344 e. The van der Waals surface area contributed by atoms with Gasteiger partial charge in [0.15, 0.2) is 8.07 Å². The smallest absolute Gasteiger partial charge is 0.180 e. The average molecular weight is 564 g/mol. The molecule has 9 rings (SSSR count). The van der Waals surface area contributed by atoms with Crippen LogP contribution in [-0.4, -0.2) is 12.6 Å². The van der Waals surface area contributed by atoms with Crippen LogP contribution in [0.4, 0.5) is 0 Å². The van der Waals surface area contributed by atoms with E-state index in [0.29, 0.717) is 0 Å². The third-order valence-corrected chi connectivity index (χ3v) is 14.6. The highest BCUT2D eigenvalue weighted by Crippen LogP contribution is 2.37. The molecule has 1 aliphatic heterocycles. The van der Waals surface area contributed by atoms with Gasteiger partial charge in [0.1, 0.15) is 0 Å². The average Bonchev–Trinajstić information content (AvgIpc) is 3.54. The first-order valence-corrected chi connectivity index (χ1v) is 17.0. The Morgan fingerprint density at radius 3 is 1.84 bits per heavy atom. The lowest BCUT2D eigenvalue weighted by Gasteiger charge is -2.31. The first kappa shape index (κ1) is 24.4. The number of aromatic nitrogens is 1. The van der Waals surface area contributed by atoms with E-state index in [4.69, 9.17) is 0 Å². The van der Waals surface area contributed by atoms with Gasteiger partial charge >= 0.3 is 0 Å². The Kier molecular flexibility index (Phi) is 5.20. The first-order valence-electron chi connectivity index (χ1n) is 15.0. The summed E-state index contributed by atoms with van der Waals surface area (Å²) in [7, 11) is -0.338. The second-order valence-corrected chi connectivity index (χ2v) is 15.5. The predicted molar refractivity (Wildman–Crippen MR) is 186 cm³/mol. The van der Waals surface area contributed by atoms with Gasteiger partial charge in [0.05, 0.1) is 0 Å². The van der Waals surface area contributed by atoms with E-state index >= 15 is 0 Å². The van der Waals surface area contributed by atoms with Gasteiger partial charge in [-0.15, -0.1) is 0 Å². The van der Waals surface area contributed by atoms with E-state index < -0.39 is 8.07 Å². The molecule has 7 aromatic carbocycles. The van der Waals surface area contributed by atoms with E-state index in [9.17, 15) is 0 Å². The normalized spacial score (nSPS) is 13.4. The van der Waals surface area contributed by atoms with Crippen LogP contribution in [-0.2, 0) is 7.05 Å². The molecule has 1 aromatic heterocycles. The summed E-state index contributed by atoms with van der Waals surface area (Å²) in [6, 6.07) is 59.1. The fourth-order valence-electron chi connectivity index (χ4n) is 7.78. The minimum atomic E-state index is -2.52. The molecule has 0 fully saturated rings. The molecule has 1 aliphatic rings. The molecule has 0 bridgehead atoms. The molecule has 0 saturated heterocycles. The quantitative estimate of drug-likeness (QED) is 0.196. The van der Waals surface area contributed by atoms with Gasteiger partial charge in [-0.2, -0.15) is 0 Å². The summed E-state index contributed by atoms with van der Waals surface area (Å²) in [4.78, 5) is 0. The molecule has 43 heavy (non-hydrogen) atoms. The zero-order valence-electron chi connectivity index (χ0n) is 24.0. The molecule has 0 atom stereocenters. The number of benzene rings is 7. The number of rotatable bonds is 3. The molecule has 2 heterocycles. The van der Waals surface area contributed by atoms with Gasteiger partial charge < -0.3 is 4.57 Å². The molecule has 2 heteroatoms. The predicted octanol–water partition coefficient (Wildman–Crippen LogP) is 7.51. The monoisotopic (exact) mass is 563 g/mol. The highest BCUT2D eigenvalue weighted by atomic mass is 28.3. The lowest BCUT2D eigenvalue weighted by atomic mass is 9.98. The molecular formula is C41H29NSi. The van der Waals surface area contributed by atoms with Crippen molar-refractivity contribution in [2.24, 2.45) is 7.05 Å². The topological polar surface area (TPSA) is 4.93 Å². The number of aryl methyl sites for hydroxylation is 1. The third-order valence-electron chi connectivity index (χ3n) is 9.69. The van der Waals surface area contributed by atoms with Crippen molar-refractivity contribution in [1.82, 2.24) is 4.57 Å². The molecule has 0 amide bonds. The number of nitrogens with zero attached hydrogens (tertiary/aromatic N) is 1. The van der Waals surface area contributed by atoms with Crippen molar-refractivity contribution >= 4 is 61.4 Å². The standard InChI is InChI=1S/C41H29NSi/c1-42-37-24-22-29(26-36(37)41-33-17-9-8-12-28(33)21-25-38(41)42)30-20-23-35-34-18-10-11-19-39(34)43(40(35)27-30,31-13-4-2-5-14-31)32-15-6-3-7-16-32/h2-27H,1H3. The van der Waals surface area contributed by atoms with E-state index in [0.717, 1.165) is 0 Å². The van der Waals surface area contributed by atoms with E-state index in [1.54, 1.807) is 0 Å². The lowest BCUT2D eigenvalue weighted by molar-refractivity contribution is 1.01. The Morgan fingerprint density at radius 2 is 1.05 bits per heavy atom. The zero-order valence-corrected chi connectivity index (χ0v) is 25.0. The molecule has 202 valence electrons. The van der Waals surface area contributed by atoms with Crippen LogP contribution in [0.3, 0.4) is 0 Å². The van der Waals surface area contributed by atoms with Gasteiger partial charge in [-0.1, -0.05) is 140 Å².